The summed E-state index contributed by atoms with van der Waals surface area (Å²) in [6, 6.07) is 0. The van der Waals surface area contributed by atoms with Crippen LogP contribution in [0.2, 0.25) is 0 Å². The van der Waals surface area contributed by atoms with Gasteiger partial charge in [0.1, 0.15) is 13.2 Å². The molecule has 0 amide bonds. The molecule has 0 spiro atoms. The molecule has 0 heterocycles. The minimum atomic E-state index is -0.768. The minimum absolute atomic E-state index is 0.0682. The second-order valence-corrected chi connectivity index (χ2v) is 23.8. The second kappa shape index (κ2) is 67.1. The average molecular weight is 1100 g/mol. The molecule has 0 radical (unpaired) electrons. The monoisotopic (exact) mass is 1100 g/mol. The zero-order chi connectivity index (χ0) is 56.4. The number of unbranched alkanes of at least 4 members (excludes halogenated alkanes) is 48. The van der Waals surface area contributed by atoms with E-state index < -0.39 is 6.10 Å². The molecule has 0 aliphatic carbocycles. The topological polar surface area (TPSA) is 78.9 Å². The molecular weight excluding hydrogens is 961 g/mol. The van der Waals surface area contributed by atoms with Crippen molar-refractivity contribution in [3.05, 3.63) is 36.5 Å². The maximum Gasteiger partial charge on any atom is 0.306 e. The van der Waals surface area contributed by atoms with Gasteiger partial charge in [-0.2, -0.15) is 0 Å². The van der Waals surface area contributed by atoms with Crippen molar-refractivity contribution in [1.82, 2.24) is 0 Å². The lowest BCUT2D eigenvalue weighted by atomic mass is 10.0. The number of ether oxygens (including phenoxy) is 3. The molecular formula is C72H134O6. The van der Waals surface area contributed by atoms with Crippen LogP contribution in [0.4, 0.5) is 0 Å². The van der Waals surface area contributed by atoms with Crippen LogP contribution in [-0.2, 0) is 28.6 Å². The fourth-order valence-electron chi connectivity index (χ4n) is 10.6. The summed E-state index contributed by atoms with van der Waals surface area (Å²) in [5.74, 6) is -0.860. The first-order valence-corrected chi connectivity index (χ1v) is 35.0. The SMILES string of the molecule is CCCCCCC/C=C\C/C=C\C/C=C\CCCCCCCCCCCCCCC(=O)OC(COC(=O)CCCCCCC)COC(=O)CCCCCCCCCCCCCCCCCCCCCCCCCCCCCC. The molecule has 0 saturated heterocycles. The van der Waals surface area contributed by atoms with Gasteiger partial charge in [0.15, 0.2) is 6.10 Å². The maximum absolute atomic E-state index is 12.9. The van der Waals surface area contributed by atoms with Crippen molar-refractivity contribution < 1.29 is 28.6 Å². The third kappa shape index (κ3) is 64.5. The van der Waals surface area contributed by atoms with Crippen LogP contribution < -0.4 is 0 Å². The van der Waals surface area contributed by atoms with Crippen molar-refractivity contribution in [3.63, 3.8) is 0 Å². The maximum atomic E-state index is 12.9. The van der Waals surface area contributed by atoms with Gasteiger partial charge in [-0.05, 0) is 57.8 Å². The molecule has 0 aliphatic heterocycles. The Hall–Kier alpha value is -2.37. The predicted octanol–water partition coefficient (Wildman–Crippen LogP) is 23.9. The highest BCUT2D eigenvalue weighted by molar-refractivity contribution is 5.71. The molecule has 458 valence electrons. The summed E-state index contributed by atoms with van der Waals surface area (Å²) >= 11 is 0. The van der Waals surface area contributed by atoms with E-state index in [9.17, 15) is 14.4 Å². The Morgan fingerprint density at radius 1 is 0.256 bits per heavy atom. The van der Waals surface area contributed by atoms with Gasteiger partial charge in [0.2, 0.25) is 0 Å². The van der Waals surface area contributed by atoms with E-state index >= 15 is 0 Å². The van der Waals surface area contributed by atoms with Gasteiger partial charge in [-0.15, -0.1) is 0 Å². The summed E-state index contributed by atoms with van der Waals surface area (Å²) in [5, 5.41) is 0. The quantitative estimate of drug-likeness (QED) is 0.0261. The van der Waals surface area contributed by atoms with E-state index in [1.165, 1.54) is 270 Å². The first kappa shape index (κ1) is 75.6. The molecule has 0 aromatic carbocycles. The lowest BCUT2D eigenvalue weighted by Gasteiger charge is -2.18. The molecule has 78 heavy (non-hydrogen) atoms. The molecule has 0 aromatic rings. The molecule has 1 unspecified atom stereocenters. The van der Waals surface area contributed by atoms with Gasteiger partial charge in [-0.3, -0.25) is 14.4 Å². The van der Waals surface area contributed by atoms with E-state index in [-0.39, 0.29) is 31.1 Å². The van der Waals surface area contributed by atoms with Crippen molar-refractivity contribution in [2.24, 2.45) is 0 Å². The summed E-state index contributed by atoms with van der Waals surface area (Å²) < 4.78 is 16.8. The Labute approximate surface area is 486 Å². The van der Waals surface area contributed by atoms with Crippen molar-refractivity contribution in [2.75, 3.05) is 13.2 Å². The van der Waals surface area contributed by atoms with Crippen LogP contribution in [0.1, 0.15) is 387 Å². The summed E-state index contributed by atoms with van der Waals surface area (Å²) in [5.41, 5.74) is 0. The van der Waals surface area contributed by atoms with Crippen LogP contribution in [0.15, 0.2) is 36.5 Å². The van der Waals surface area contributed by atoms with Crippen LogP contribution in [0, 0.1) is 0 Å². The van der Waals surface area contributed by atoms with E-state index in [0.717, 1.165) is 77.0 Å². The van der Waals surface area contributed by atoms with Gasteiger partial charge in [-0.1, -0.05) is 346 Å². The highest BCUT2D eigenvalue weighted by atomic mass is 16.6. The highest BCUT2D eigenvalue weighted by Gasteiger charge is 2.19. The molecule has 0 fully saturated rings. The van der Waals surface area contributed by atoms with Crippen LogP contribution in [0.3, 0.4) is 0 Å². The Morgan fingerprint density at radius 2 is 0.462 bits per heavy atom. The number of rotatable bonds is 65. The van der Waals surface area contributed by atoms with Crippen molar-refractivity contribution >= 4 is 17.9 Å². The second-order valence-electron chi connectivity index (χ2n) is 23.8. The summed E-state index contributed by atoms with van der Waals surface area (Å²) in [6.07, 6.45) is 83.8. The fourth-order valence-corrected chi connectivity index (χ4v) is 10.6. The predicted molar refractivity (Wildman–Crippen MR) is 339 cm³/mol. The number of hydrogen-bond donors (Lipinski definition) is 0. The molecule has 6 heteroatoms. The highest BCUT2D eigenvalue weighted by Crippen LogP contribution is 2.19. The van der Waals surface area contributed by atoms with Crippen molar-refractivity contribution in [3.8, 4) is 0 Å². The fraction of sp³-hybridized carbons (Fsp3) is 0.875. The Morgan fingerprint density at radius 3 is 0.718 bits per heavy atom. The zero-order valence-electron chi connectivity index (χ0n) is 52.7. The van der Waals surface area contributed by atoms with Crippen LogP contribution in [0.5, 0.6) is 0 Å². The number of carbonyl (C=O) groups excluding carboxylic acids is 3. The Bertz CT molecular complexity index is 1300. The van der Waals surface area contributed by atoms with Crippen molar-refractivity contribution in [1.29, 1.82) is 0 Å². The summed E-state index contributed by atoms with van der Waals surface area (Å²) in [4.78, 5) is 38.0. The molecule has 6 nitrogen and oxygen atoms in total. The van der Waals surface area contributed by atoms with Crippen molar-refractivity contribution in [2.45, 2.75) is 393 Å². The largest absolute Gasteiger partial charge is 0.462 e. The zero-order valence-corrected chi connectivity index (χ0v) is 52.7. The average Bonchev–Trinajstić information content (AvgIpc) is 3.44. The third-order valence-corrected chi connectivity index (χ3v) is 15.9. The van der Waals surface area contributed by atoms with Gasteiger partial charge >= 0.3 is 17.9 Å². The van der Waals surface area contributed by atoms with Crippen LogP contribution in [-0.4, -0.2) is 37.2 Å². The van der Waals surface area contributed by atoms with E-state index in [2.05, 4.69) is 57.2 Å². The molecule has 0 rings (SSSR count). The van der Waals surface area contributed by atoms with E-state index in [4.69, 9.17) is 14.2 Å². The number of hydrogen-bond acceptors (Lipinski definition) is 6. The number of carbonyl (C=O) groups is 3. The standard InChI is InChI=1S/C72H134O6/c1-4-7-10-13-15-17-19-21-23-25-27-29-31-33-35-37-38-40-42-44-46-48-50-52-54-56-59-62-65-71(74)77-68-69(67-76-70(73)64-61-58-12-9-6-3)78-72(75)66-63-60-57-55-53-51-49-47-45-43-41-39-36-34-32-30-28-26-24-22-20-18-16-14-11-8-5-2/h20,22,26,28,32,34,69H,4-19,21,23-25,27,29-31,33,35-68H2,1-3H3/b22-20-,28-26-,34-32-. The first-order valence-electron chi connectivity index (χ1n) is 35.0. The molecule has 0 saturated carbocycles. The lowest BCUT2D eigenvalue weighted by molar-refractivity contribution is -0.167. The van der Waals surface area contributed by atoms with Gasteiger partial charge < -0.3 is 14.2 Å². The smallest absolute Gasteiger partial charge is 0.306 e. The van der Waals surface area contributed by atoms with Crippen LogP contribution in [0.25, 0.3) is 0 Å². The van der Waals surface area contributed by atoms with E-state index in [0.29, 0.717) is 19.3 Å². The van der Waals surface area contributed by atoms with E-state index in [1.54, 1.807) is 0 Å². The summed E-state index contributed by atoms with van der Waals surface area (Å²) in [7, 11) is 0. The summed E-state index contributed by atoms with van der Waals surface area (Å²) in [6.45, 7) is 6.61. The molecule has 0 bridgehead atoms. The van der Waals surface area contributed by atoms with Crippen LogP contribution >= 0.6 is 0 Å². The number of esters is 3. The number of allylic oxidation sites excluding steroid dienone is 6. The first-order chi connectivity index (χ1) is 38.5. The molecule has 0 aromatic heterocycles. The minimum Gasteiger partial charge on any atom is -0.462 e. The normalized spacial score (nSPS) is 12.2. The third-order valence-electron chi connectivity index (χ3n) is 15.9. The van der Waals surface area contributed by atoms with Gasteiger partial charge in [0.25, 0.3) is 0 Å². The molecule has 1 atom stereocenters. The van der Waals surface area contributed by atoms with E-state index in [1.807, 2.05) is 0 Å². The Kier molecular flexibility index (Phi) is 65.1. The van der Waals surface area contributed by atoms with Gasteiger partial charge in [0, 0.05) is 19.3 Å². The van der Waals surface area contributed by atoms with Gasteiger partial charge in [-0.25, -0.2) is 0 Å². The molecule has 0 aliphatic rings. The lowest BCUT2D eigenvalue weighted by Crippen LogP contribution is -2.30. The Balaban J connectivity index is 3.94. The van der Waals surface area contributed by atoms with Gasteiger partial charge in [0.05, 0.1) is 0 Å². The molecule has 0 N–H and O–H groups in total.